The molecule has 1 fully saturated rings. The molecule has 1 aliphatic rings. The van der Waals surface area contributed by atoms with Gasteiger partial charge < -0.3 is 28.6 Å². The third-order valence-electron chi connectivity index (χ3n) is 3.67. The summed E-state index contributed by atoms with van der Waals surface area (Å²) in [5.74, 6) is -0.527. The number of phosphoric acid groups is 1. The second kappa shape index (κ2) is 13.0. The van der Waals surface area contributed by atoms with Crippen LogP contribution in [-0.2, 0) is 42.1 Å². The Bertz CT molecular complexity index is 532. The fourth-order valence-electron chi connectivity index (χ4n) is 2.58. The van der Waals surface area contributed by atoms with Crippen LogP contribution in [-0.4, -0.2) is 88.8 Å². The van der Waals surface area contributed by atoms with Crippen molar-refractivity contribution in [1.82, 2.24) is 0 Å². The van der Waals surface area contributed by atoms with Gasteiger partial charge >= 0.3 is 13.8 Å². The van der Waals surface area contributed by atoms with E-state index in [-0.39, 0.29) is 25.7 Å². The van der Waals surface area contributed by atoms with Gasteiger partial charge in [0.15, 0.2) is 0 Å². The first kappa shape index (κ1) is 26.5. The fraction of sp³-hybridized carbons (Fsp3) is 0.941. The van der Waals surface area contributed by atoms with Crippen LogP contribution in [0.4, 0.5) is 0 Å². The van der Waals surface area contributed by atoms with Gasteiger partial charge in [-0.3, -0.25) is 13.8 Å². The van der Waals surface area contributed by atoms with Crippen molar-refractivity contribution in [2.24, 2.45) is 0 Å². The topological polar surface area (TPSA) is 119 Å². The second-order valence-corrected chi connectivity index (χ2v) is 8.42. The average molecular weight is 438 g/mol. The van der Waals surface area contributed by atoms with Crippen molar-refractivity contribution in [2.45, 2.75) is 70.6 Å². The second-order valence-electron chi connectivity index (χ2n) is 7.02. The summed E-state index contributed by atoms with van der Waals surface area (Å²) in [6.07, 6.45) is -3.21. The zero-order valence-electron chi connectivity index (χ0n) is 17.6. The zero-order valence-corrected chi connectivity index (χ0v) is 18.5. The fourth-order valence-corrected chi connectivity index (χ4v) is 3.51. The highest BCUT2D eigenvalue weighted by atomic mass is 31.2. The first-order valence-corrected chi connectivity index (χ1v) is 11.0. The van der Waals surface area contributed by atoms with Gasteiger partial charge in [0.25, 0.3) is 0 Å². The molecule has 0 bridgehead atoms. The van der Waals surface area contributed by atoms with Crippen LogP contribution in [0.1, 0.15) is 34.1 Å². The lowest BCUT2D eigenvalue weighted by Gasteiger charge is -2.26. The van der Waals surface area contributed by atoms with Crippen molar-refractivity contribution in [3.8, 4) is 0 Å². The highest BCUT2D eigenvalue weighted by Gasteiger charge is 2.46. The minimum atomic E-state index is -4.26. The Morgan fingerprint density at radius 2 is 1.83 bits per heavy atom. The molecule has 0 aliphatic carbocycles. The van der Waals surface area contributed by atoms with E-state index in [4.69, 9.17) is 40.6 Å². The minimum absolute atomic E-state index is 0.0244. The summed E-state index contributed by atoms with van der Waals surface area (Å²) >= 11 is 0. The van der Waals surface area contributed by atoms with Crippen molar-refractivity contribution < 1.29 is 47.0 Å². The first-order valence-electron chi connectivity index (χ1n) is 9.54. The van der Waals surface area contributed by atoms with Gasteiger partial charge in [-0.1, -0.05) is 0 Å². The molecule has 168 valence electrons. The minimum Gasteiger partial charge on any atom is -0.458 e. The maximum atomic E-state index is 12.1. The van der Waals surface area contributed by atoms with Crippen LogP contribution in [0.25, 0.3) is 0 Å². The predicted molar refractivity (Wildman–Crippen MR) is 104 cm³/mol. The lowest BCUT2D eigenvalue weighted by molar-refractivity contribution is -0.159. The normalized spacial score (nSPS) is 26.8. The number of ether oxygens (including phenoxy) is 5. The SMILES string of the molecule is [B][C@@H]1O[C@H](COP(=O)(O)OC(C)C)[C@H](OC(C)C)C1OC(=O)CCOCCOC. The van der Waals surface area contributed by atoms with Crippen molar-refractivity contribution in [3.63, 3.8) is 0 Å². The smallest absolute Gasteiger partial charge is 0.458 e. The third kappa shape index (κ3) is 10.4. The summed E-state index contributed by atoms with van der Waals surface area (Å²) in [7, 11) is 3.24. The lowest BCUT2D eigenvalue weighted by Crippen LogP contribution is -2.42. The quantitative estimate of drug-likeness (QED) is 0.183. The number of rotatable bonds is 14. The van der Waals surface area contributed by atoms with E-state index in [0.717, 1.165) is 0 Å². The van der Waals surface area contributed by atoms with Gasteiger partial charge in [-0.05, 0) is 27.7 Å². The Morgan fingerprint density at radius 1 is 1.14 bits per heavy atom. The summed E-state index contributed by atoms with van der Waals surface area (Å²) in [4.78, 5) is 21.8. The molecule has 0 saturated carbocycles. The molecule has 10 nitrogen and oxygen atoms in total. The Morgan fingerprint density at radius 3 is 2.41 bits per heavy atom. The summed E-state index contributed by atoms with van der Waals surface area (Å²) < 4.78 is 48.6. The monoisotopic (exact) mass is 438 g/mol. The standard InChI is InChI=1S/C17H32BO10P/c1-11(2)25-15-13(10-24-29(20,21)28-12(3)4)26-17(18)16(15)27-14(19)6-7-23-9-8-22-5/h11-13,15-17H,6-10H2,1-5H3,(H,20,21)/t13-,15+,16?,17-/m1/s1. The Balaban J connectivity index is 2.64. The number of methoxy groups -OCH3 is 1. The summed E-state index contributed by atoms with van der Waals surface area (Å²) in [5, 5.41) is 0. The van der Waals surface area contributed by atoms with Gasteiger partial charge in [-0.2, -0.15) is 0 Å². The zero-order chi connectivity index (χ0) is 22.0. The molecule has 1 N–H and O–H groups in total. The summed E-state index contributed by atoms with van der Waals surface area (Å²) in [5.41, 5.74) is 0. The van der Waals surface area contributed by atoms with Gasteiger partial charge in [0.1, 0.15) is 26.2 Å². The van der Waals surface area contributed by atoms with Crippen molar-refractivity contribution in [2.75, 3.05) is 33.5 Å². The average Bonchev–Trinajstić information content (AvgIpc) is 2.87. The molecular formula is C17H32BO10P. The molecule has 29 heavy (non-hydrogen) atoms. The van der Waals surface area contributed by atoms with Crippen LogP contribution >= 0.6 is 7.82 Å². The Hall–Kier alpha value is -0.515. The van der Waals surface area contributed by atoms with Gasteiger partial charge in [-0.25, -0.2) is 4.57 Å². The lowest BCUT2D eigenvalue weighted by atomic mass is 9.92. The van der Waals surface area contributed by atoms with Crippen LogP contribution in [0, 0.1) is 0 Å². The number of hydrogen-bond acceptors (Lipinski definition) is 9. The van der Waals surface area contributed by atoms with Gasteiger partial charge in [0, 0.05) is 7.11 Å². The molecule has 0 aromatic heterocycles. The molecule has 2 unspecified atom stereocenters. The largest absolute Gasteiger partial charge is 0.472 e. The molecule has 0 aromatic rings. The number of carbonyl (C=O) groups is 1. The molecule has 1 saturated heterocycles. The van der Waals surface area contributed by atoms with Gasteiger partial charge in [0.2, 0.25) is 0 Å². The summed E-state index contributed by atoms with van der Waals surface area (Å²) in [6.45, 7) is 7.45. The van der Waals surface area contributed by atoms with Crippen LogP contribution in [0.3, 0.4) is 0 Å². The van der Waals surface area contributed by atoms with E-state index >= 15 is 0 Å². The number of carbonyl (C=O) groups excluding carboxylic acids is 1. The van der Waals surface area contributed by atoms with Crippen molar-refractivity contribution in [1.29, 1.82) is 0 Å². The molecule has 0 spiro atoms. The maximum absolute atomic E-state index is 12.1. The Labute approximate surface area is 173 Å². The van der Waals surface area contributed by atoms with E-state index in [0.29, 0.717) is 13.2 Å². The number of hydrogen-bond donors (Lipinski definition) is 1. The number of esters is 1. The van der Waals surface area contributed by atoms with Gasteiger partial charge in [-0.15, -0.1) is 0 Å². The first-order chi connectivity index (χ1) is 13.6. The van der Waals surface area contributed by atoms with Gasteiger partial charge in [0.05, 0.1) is 51.1 Å². The molecule has 1 rings (SSSR count). The van der Waals surface area contributed by atoms with E-state index in [1.54, 1.807) is 34.8 Å². The van der Waals surface area contributed by atoms with Crippen LogP contribution in [0.2, 0.25) is 0 Å². The molecular weight excluding hydrogens is 406 g/mol. The number of phosphoric ester groups is 1. The van der Waals surface area contributed by atoms with Crippen LogP contribution in [0.5, 0.6) is 0 Å². The van der Waals surface area contributed by atoms with Crippen LogP contribution < -0.4 is 0 Å². The van der Waals surface area contributed by atoms with E-state index < -0.39 is 44.2 Å². The molecule has 12 heteroatoms. The van der Waals surface area contributed by atoms with Crippen molar-refractivity contribution in [3.05, 3.63) is 0 Å². The van der Waals surface area contributed by atoms with E-state index in [2.05, 4.69) is 0 Å². The Kier molecular flexibility index (Phi) is 11.9. The highest BCUT2D eigenvalue weighted by molar-refractivity contribution is 7.47. The maximum Gasteiger partial charge on any atom is 0.472 e. The predicted octanol–water partition coefficient (Wildman–Crippen LogP) is 1.18. The molecule has 0 aromatic carbocycles. The molecule has 1 heterocycles. The molecule has 1 aliphatic heterocycles. The van der Waals surface area contributed by atoms with Crippen LogP contribution in [0.15, 0.2) is 0 Å². The molecule has 5 atom stereocenters. The van der Waals surface area contributed by atoms with E-state index in [1.165, 1.54) is 0 Å². The summed E-state index contributed by atoms with van der Waals surface area (Å²) in [6, 6.07) is -0.977. The third-order valence-corrected chi connectivity index (χ3v) is 4.83. The van der Waals surface area contributed by atoms with Crippen molar-refractivity contribution >= 4 is 21.6 Å². The van der Waals surface area contributed by atoms with E-state index in [9.17, 15) is 14.3 Å². The van der Waals surface area contributed by atoms with E-state index in [1.807, 2.05) is 0 Å². The molecule has 0 amide bonds. The highest BCUT2D eigenvalue weighted by Crippen LogP contribution is 2.45. The molecule has 2 radical (unpaired) electrons.